The second-order valence-electron chi connectivity index (χ2n) is 2.06. The molecule has 0 fully saturated rings. The van der Waals surface area contributed by atoms with Crippen molar-refractivity contribution < 1.29 is 9.22 Å². The van der Waals surface area contributed by atoms with E-state index in [4.69, 9.17) is 4.43 Å². The third-order valence-electron chi connectivity index (χ3n) is 1.28. The van der Waals surface area contributed by atoms with Gasteiger partial charge in [-0.25, -0.2) is 0 Å². The van der Waals surface area contributed by atoms with Gasteiger partial charge in [-0.1, -0.05) is 17.1 Å². The lowest BCUT2D eigenvalue weighted by atomic mass is 10.9. The van der Waals surface area contributed by atoms with E-state index in [0.717, 1.165) is 0 Å². The van der Waals surface area contributed by atoms with Gasteiger partial charge in [0.2, 0.25) is 0 Å². The van der Waals surface area contributed by atoms with Gasteiger partial charge in [0.05, 0.1) is 0 Å². The minimum atomic E-state index is -2.34. The Morgan fingerprint density at radius 2 is 1.64 bits per heavy atom. The van der Waals surface area contributed by atoms with Crippen molar-refractivity contribution in [2.45, 2.75) is 6.92 Å². The highest BCUT2D eigenvalue weighted by Gasteiger charge is 2.26. The van der Waals surface area contributed by atoms with Crippen LogP contribution >= 0.6 is 0 Å². The van der Waals surface area contributed by atoms with Crippen LogP contribution in [0.1, 0.15) is 6.92 Å². The van der Waals surface area contributed by atoms with E-state index in [2.05, 4.69) is 19.7 Å². The summed E-state index contributed by atoms with van der Waals surface area (Å²) < 4.78 is 5.03. The molecule has 0 aliphatic rings. The first-order valence-corrected chi connectivity index (χ1v) is 5.34. The van der Waals surface area contributed by atoms with Crippen molar-refractivity contribution in [2.75, 3.05) is 0 Å². The number of rotatable bonds is 4. The highest BCUT2D eigenvalue weighted by molar-refractivity contribution is 6.88. The normalized spacial score (nSPS) is 9.91. The maximum absolute atomic E-state index is 10.6. The number of carbonyl (C=O) groups is 1. The second-order valence-corrected chi connectivity index (χ2v) is 5.20. The summed E-state index contributed by atoms with van der Waals surface area (Å²) in [4.78, 5) is 10.6. The van der Waals surface area contributed by atoms with E-state index in [-0.39, 0.29) is 5.97 Å². The molecule has 2 nitrogen and oxygen atoms in total. The molecule has 0 radical (unpaired) electrons. The van der Waals surface area contributed by atoms with Crippen LogP contribution in [0.4, 0.5) is 0 Å². The Balaban J connectivity index is 4.54. The highest BCUT2D eigenvalue weighted by atomic mass is 28.4. The molecule has 0 aromatic rings. The van der Waals surface area contributed by atoms with Gasteiger partial charge in [-0.15, -0.1) is 19.7 Å². The smallest absolute Gasteiger partial charge is 0.327 e. The van der Waals surface area contributed by atoms with Crippen LogP contribution in [-0.4, -0.2) is 14.3 Å². The molecule has 0 heterocycles. The maximum atomic E-state index is 10.6. The van der Waals surface area contributed by atoms with Crippen molar-refractivity contribution in [1.29, 1.82) is 0 Å². The van der Waals surface area contributed by atoms with Crippen LogP contribution in [0.3, 0.4) is 0 Å². The van der Waals surface area contributed by atoms with E-state index >= 15 is 0 Å². The van der Waals surface area contributed by atoms with Crippen LogP contribution in [0.5, 0.6) is 0 Å². The first-order valence-electron chi connectivity index (χ1n) is 3.20. The lowest BCUT2D eigenvalue weighted by molar-refractivity contribution is -0.132. The van der Waals surface area contributed by atoms with Gasteiger partial charge in [0.1, 0.15) is 0 Å². The lowest BCUT2D eigenvalue weighted by Gasteiger charge is -2.18. The fourth-order valence-corrected chi connectivity index (χ4v) is 1.87. The van der Waals surface area contributed by atoms with Crippen LogP contribution in [0, 0.1) is 0 Å². The fraction of sp³-hybridized carbons (Fsp3) is 0.125. The molecule has 0 aliphatic carbocycles. The minimum Gasteiger partial charge on any atom is -0.508 e. The summed E-state index contributed by atoms with van der Waals surface area (Å²) >= 11 is 0. The van der Waals surface area contributed by atoms with Crippen molar-refractivity contribution >= 4 is 14.3 Å². The summed E-state index contributed by atoms with van der Waals surface area (Å²) in [5, 5.41) is 0. The molecule has 0 aromatic carbocycles. The van der Waals surface area contributed by atoms with Crippen molar-refractivity contribution in [2.24, 2.45) is 0 Å². The van der Waals surface area contributed by atoms with E-state index < -0.39 is 8.32 Å². The van der Waals surface area contributed by atoms with Gasteiger partial charge in [-0.2, -0.15) is 0 Å². The molecule has 3 heteroatoms. The molecule has 0 unspecified atom stereocenters. The van der Waals surface area contributed by atoms with Gasteiger partial charge in [0.25, 0.3) is 5.97 Å². The Kier molecular flexibility index (Phi) is 3.54. The first-order chi connectivity index (χ1) is 5.10. The standard InChI is InChI=1S/C8H12O2Si/c1-5-11(6-2,7-3)10-8(4)9/h5-7H,1-3H2,4H3. The third kappa shape index (κ3) is 2.55. The molecule has 0 atom stereocenters. The summed E-state index contributed by atoms with van der Waals surface area (Å²) in [7, 11) is -2.34. The predicted octanol–water partition coefficient (Wildman–Crippen LogP) is 1.67. The third-order valence-corrected chi connectivity index (χ3v) is 3.83. The molecule has 0 aromatic heterocycles. The average molecular weight is 168 g/mol. The largest absolute Gasteiger partial charge is 0.508 e. The molecular formula is C8H12O2Si. The molecule has 11 heavy (non-hydrogen) atoms. The van der Waals surface area contributed by atoms with Crippen LogP contribution in [0.15, 0.2) is 36.8 Å². The molecule has 0 bridgehead atoms. The number of hydrogen-bond donors (Lipinski definition) is 0. The monoisotopic (exact) mass is 168 g/mol. The maximum Gasteiger partial charge on any atom is 0.327 e. The molecule has 0 saturated heterocycles. The summed E-state index contributed by atoms with van der Waals surface area (Å²) in [6, 6.07) is 0. The first kappa shape index (κ1) is 9.91. The summed E-state index contributed by atoms with van der Waals surface area (Å²) in [5.41, 5.74) is 4.82. The Morgan fingerprint density at radius 1 is 1.27 bits per heavy atom. The van der Waals surface area contributed by atoms with E-state index in [1.54, 1.807) is 17.1 Å². The Labute approximate surface area is 68.0 Å². The van der Waals surface area contributed by atoms with Crippen LogP contribution in [-0.2, 0) is 9.22 Å². The summed E-state index contributed by atoms with van der Waals surface area (Å²) in [6.07, 6.45) is 0. The van der Waals surface area contributed by atoms with Gasteiger partial charge in [0, 0.05) is 6.92 Å². The van der Waals surface area contributed by atoms with Crippen molar-refractivity contribution in [1.82, 2.24) is 0 Å². The van der Waals surface area contributed by atoms with Gasteiger partial charge >= 0.3 is 8.32 Å². The Bertz CT molecular complexity index is 174. The van der Waals surface area contributed by atoms with Gasteiger partial charge in [-0.05, 0) is 0 Å². The van der Waals surface area contributed by atoms with Crippen LogP contribution < -0.4 is 0 Å². The van der Waals surface area contributed by atoms with Crippen molar-refractivity contribution in [3.05, 3.63) is 36.8 Å². The molecule has 60 valence electrons. The molecule has 0 aliphatic heterocycles. The zero-order valence-corrected chi connectivity index (χ0v) is 7.67. The Hall–Kier alpha value is -1.09. The predicted molar refractivity (Wildman–Crippen MR) is 48.1 cm³/mol. The van der Waals surface area contributed by atoms with Crippen molar-refractivity contribution in [3.63, 3.8) is 0 Å². The molecule has 0 N–H and O–H groups in total. The van der Waals surface area contributed by atoms with E-state index in [1.165, 1.54) is 6.92 Å². The molecular weight excluding hydrogens is 156 g/mol. The van der Waals surface area contributed by atoms with Crippen LogP contribution in [0.25, 0.3) is 0 Å². The van der Waals surface area contributed by atoms with Crippen LogP contribution in [0.2, 0.25) is 0 Å². The second kappa shape index (κ2) is 3.93. The quantitative estimate of drug-likeness (QED) is 0.597. The number of hydrogen-bond acceptors (Lipinski definition) is 2. The number of carbonyl (C=O) groups excluding carboxylic acids is 1. The van der Waals surface area contributed by atoms with E-state index in [1.807, 2.05) is 0 Å². The van der Waals surface area contributed by atoms with Gasteiger partial charge < -0.3 is 4.43 Å². The minimum absolute atomic E-state index is 0.323. The fourth-order valence-electron chi connectivity index (χ4n) is 0.624. The molecule has 0 saturated carbocycles. The topological polar surface area (TPSA) is 26.3 Å². The van der Waals surface area contributed by atoms with E-state index in [0.29, 0.717) is 0 Å². The van der Waals surface area contributed by atoms with Gasteiger partial charge in [-0.3, -0.25) is 4.79 Å². The van der Waals surface area contributed by atoms with Gasteiger partial charge in [0.15, 0.2) is 0 Å². The molecule has 0 rings (SSSR count). The molecule has 0 amide bonds. The van der Waals surface area contributed by atoms with E-state index in [9.17, 15) is 4.79 Å². The zero-order chi connectivity index (χ0) is 8.91. The Morgan fingerprint density at radius 3 is 1.73 bits per heavy atom. The highest BCUT2D eigenvalue weighted by Crippen LogP contribution is 2.08. The zero-order valence-electron chi connectivity index (χ0n) is 6.67. The average Bonchev–Trinajstić information content (AvgIpc) is 2.00. The lowest BCUT2D eigenvalue weighted by Crippen LogP contribution is -2.33. The molecule has 0 spiro atoms. The SMILES string of the molecule is C=C[Si](C=C)(C=C)OC(C)=O. The van der Waals surface area contributed by atoms with Crippen molar-refractivity contribution in [3.8, 4) is 0 Å². The summed E-state index contributed by atoms with van der Waals surface area (Å²) in [6.45, 7) is 12.1. The summed E-state index contributed by atoms with van der Waals surface area (Å²) in [5.74, 6) is -0.323.